The van der Waals surface area contributed by atoms with Crippen molar-refractivity contribution >= 4 is 23.4 Å². The number of ether oxygens (including phenoxy) is 1. The van der Waals surface area contributed by atoms with E-state index >= 15 is 0 Å². The molecule has 4 nitrogen and oxygen atoms in total. The van der Waals surface area contributed by atoms with Crippen molar-refractivity contribution in [2.24, 2.45) is 0 Å². The summed E-state index contributed by atoms with van der Waals surface area (Å²) < 4.78 is 10.8. The number of halogens is 1. The summed E-state index contributed by atoms with van der Waals surface area (Å²) in [7, 11) is 1.65. The normalized spacial score (nSPS) is 10.6. The minimum Gasteiger partial charge on any atom is -0.497 e. The van der Waals surface area contributed by atoms with Crippen LogP contribution in [0.3, 0.4) is 0 Å². The Morgan fingerprint density at radius 1 is 1.09 bits per heavy atom. The average Bonchev–Trinajstić information content (AvgIpc) is 3.02. The molecule has 6 heteroatoms. The third kappa shape index (κ3) is 3.43. The summed E-state index contributed by atoms with van der Waals surface area (Å²) >= 11 is 7.75. The summed E-state index contributed by atoms with van der Waals surface area (Å²) in [6, 6.07) is 15.2. The molecule has 0 unspecified atom stereocenters. The summed E-state index contributed by atoms with van der Waals surface area (Å²) in [6.07, 6.45) is 0. The topological polar surface area (TPSA) is 48.2 Å². The van der Waals surface area contributed by atoms with Gasteiger partial charge in [0.1, 0.15) is 5.75 Å². The molecular formula is C16H13ClN2O2S. The highest BCUT2D eigenvalue weighted by Crippen LogP contribution is 2.28. The maximum absolute atomic E-state index is 6.12. The molecule has 0 spiro atoms. The molecule has 1 heterocycles. The lowest BCUT2D eigenvalue weighted by Crippen LogP contribution is -1.83. The van der Waals surface area contributed by atoms with E-state index in [1.165, 1.54) is 0 Å². The first-order valence-corrected chi connectivity index (χ1v) is 7.97. The van der Waals surface area contributed by atoms with Crippen molar-refractivity contribution in [2.45, 2.75) is 10.6 Å². The van der Waals surface area contributed by atoms with Gasteiger partial charge in [0.15, 0.2) is 0 Å². The van der Waals surface area contributed by atoms with Crippen LogP contribution in [0.2, 0.25) is 5.02 Å². The van der Waals surface area contributed by atoms with Gasteiger partial charge in [0.25, 0.3) is 0 Å². The fourth-order valence-electron chi connectivity index (χ4n) is 1.87. The first kappa shape index (κ1) is 14.9. The van der Waals surface area contributed by atoms with Gasteiger partial charge in [0, 0.05) is 4.90 Å². The van der Waals surface area contributed by atoms with E-state index in [1.54, 1.807) is 24.9 Å². The zero-order valence-electron chi connectivity index (χ0n) is 11.8. The van der Waals surface area contributed by atoms with E-state index in [-0.39, 0.29) is 0 Å². The van der Waals surface area contributed by atoms with Crippen molar-refractivity contribution in [2.75, 3.05) is 7.11 Å². The first-order valence-electron chi connectivity index (χ1n) is 6.60. The number of hydrogen-bond donors (Lipinski definition) is 0. The second-order valence-corrected chi connectivity index (χ2v) is 5.90. The van der Waals surface area contributed by atoms with E-state index in [1.807, 2.05) is 42.5 Å². The molecule has 0 aliphatic heterocycles. The largest absolute Gasteiger partial charge is 0.497 e. The fraction of sp³-hybridized carbons (Fsp3) is 0.125. The number of thioether (sulfide) groups is 1. The molecular weight excluding hydrogens is 320 g/mol. The molecule has 3 aromatic rings. The third-order valence-corrected chi connectivity index (χ3v) is 4.32. The average molecular weight is 333 g/mol. The van der Waals surface area contributed by atoms with Gasteiger partial charge in [-0.05, 0) is 36.4 Å². The Morgan fingerprint density at radius 2 is 1.86 bits per heavy atom. The van der Waals surface area contributed by atoms with Crippen LogP contribution in [0.4, 0.5) is 0 Å². The van der Waals surface area contributed by atoms with Gasteiger partial charge in [0.05, 0.1) is 23.4 Å². The first-order chi connectivity index (χ1) is 10.8. The molecule has 0 atom stereocenters. The molecule has 0 amide bonds. The summed E-state index contributed by atoms with van der Waals surface area (Å²) in [6.45, 7) is 0. The Kier molecular flexibility index (Phi) is 4.65. The van der Waals surface area contributed by atoms with E-state index < -0.39 is 0 Å². The summed E-state index contributed by atoms with van der Waals surface area (Å²) in [5.74, 6) is 2.44. The molecule has 0 bridgehead atoms. The van der Waals surface area contributed by atoms with Gasteiger partial charge in [-0.3, -0.25) is 0 Å². The Morgan fingerprint density at radius 3 is 2.59 bits per heavy atom. The smallest absolute Gasteiger partial charge is 0.249 e. The molecule has 0 aliphatic carbocycles. The molecule has 112 valence electrons. The van der Waals surface area contributed by atoms with E-state index in [0.717, 1.165) is 16.2 Å². The molecule has 0 saturated heterocycles. The van der Waals surface area contributed by atoms with Gasteiger partial charge in [0.2, 0.25) is 11.8 Å². The standard InChI is InChI=1S/C16H13ClN2O2S/c1-20-11-6-8-12(9-7-11)22-10-15-18-19-16(21-15)13-4-2-3-5-14(13)17/h2-9H,10H2,1H3. The maximum atomic E-state index is 6.12. The van der Waals surface area contributed by atoms with Gasteiger partial charge in [-0.1, -0.05) is 23.7 Å². The number of methoxy groups -OCH3 is 1. The van der Waals surface area contributed by atoms with Crippen molar-refractivity contribution in [3.63, 3.8) is 0 Å². The lowest BCUT2D eigenvalue weighted by atomic mass is 10.2. The van der Waals surface area contributed by atoms with E-state index in [9.17, 15) is 0 Å². The second kappa shape index (κ2) is 6.85. The van der Waals surface area contributed by atoms with E-state index in [4.69, 9.17) is 20.8 Å². The molecule has 2 aromatic carbocycles. The maximum Gasteiger partial charge on any atom is 0.249 e. The van der Waals surface area contributed by atoms with Crippen LogP contribution in [-0.2, 0) is 5.75 Å². The van der Waals surface area contributed by atoms with Crippen LogP contribution in [0.25, 0.3) is 11.5 Å². The molecule has 0 radical (unpaired) electrons. The second-order valence-electron chi connectivity index (χ2n) is 4.45. The molecule has 3 rings (SSSR count). The Bertz CT molecular complexity index is 759. The molecule has 0 saturated carbocycles. The molecule has 22 heavy (non-hydrogen) atoms. The molecule has 0 N–H and O–H groups in total. The minimum absolute atomic E-state index is 0.441. The molecule has 0 aliphatic rings. The molecule has 0 fully saturated rings. The zero-order chi connectivity index (χ0) is 15.4. The van der Waals surface area contributed by atoms with Crippen molar-refractivity contribution in [3.05, 3.63) is 59.4 Å². The van der Waals surface area contributed by atoms with Gasteiger partial charge < -0.3 is 9.15 Å². The Hall–Kier alpha value is -1.98. The highest BCUT2D eigenvalue weighted by atomic mass is 35.5. The Labute approximate surface area is 137 Å². The predicted octanol–water partition coefficient (Wildman–Crippen LogP) is 4.69. The number of nitrogens with zero attached hydrogens (tertiary/aromatic N) is 2. The zero-order valence-corrected chi connectivity index (χ0v) is 13.4. The van der Waals surface area contributed by atoms with Gasteiger partial charge >= 0.3 is 0 Å². The summed E-state index contributed by atoms with van der Waals surface area (Å²) in [5.41, 5.74) is 0.748. The predicted molar refractivity (Wildman–Crippen MR) is 87.3 cm³/mol. The highest BCUT2D eigenvalue weighted by Gasteiger charge is 2.11. The monoisotopic (exact) mass is 332 g/mol. The lowest BCUT2D eigenvalue weighted by molar-refractivity contribution is 0.414. The number of rotatable bonds is 5. The van der Waals surface area contributed by atoms with Crippen LogP contribution in [0, 0.1) is 0 Å². The van der Waals surface area contributed by atoms with Crippen molar-refractivity contribution in [3.8, 4) is 17.2 Å². The number of aromatic nitrogens is 2. The van der Waals surface area contributed by atoms with Gasteiger partial charge in [-0.2, -0.15) is 0 Å². The van der Waals surface area contributed by atoms with Crippen LogP contribution >= 0.6 is 23.4 Å². The van der Waals surface area contributed by atoms with E-state index in [0.29, 0.717) is 22.6 Å². The van der Waals surface area contributed by atoms with Crippen molar-refractivity contribution in [1.82, 2.24) is 10.2 Å². The summed E-state index contributed by atoms with van der Waals surface area (Å²) in [5, 5.41) is 8.71. The van der Waals surface area contributed by atoms with Crippen LogP contribution in [0.5, 0.6) is 5.75 Å². The third-order valence-electron chi connectivity index (χ3n) is 2.99. The van der Waals surface area contributed by atoms with Gasteiger partial charge in [-0.25, -0.2) is 0 Å². The molecule has 1 aromatic heterocycles. The van der Waals surface area contributed by atoms with Crippen LogP contribution in [0.15, 0.2) is 57.8 Å². The van der Waals surface area contributed by atoms with Crippen molar-refractivity contribution < 1.29 is 9.15 Å². The number of benzene rings is 2. The fourth-order valence-corrected chi connectivity index (χ4v) is 2.82. The van der Waals surface area contributed by atoms with E-state index in [2.05, 4.69) is 10.2 Å². The number of hydrogen-bond acceptors (Lipinski definition) is 5. The SMILES string of the molecule is COc1ccc(SCc2nnc(-c3ccccc3Cl)o2)cc1. The quantitative estimate of drug-likeness (QED) is 0.634. The minimum atomic E-state index is 0.441. The highest BCUT2D eigenvalue weighted by molar-refractivity contribution is 7.98. The summed E-state index contributed by atoms with van der Waals surface area (Å²) in [4.78, 5) is 1.11. The lowest BCUT2D eigenvalue weighted by Gasteiger charge is -2.01. The van der Waals surface area contributed by atoms with Crippen molar-refractivity contribution in [1.29, 1.82) is 0 Å². The van der Waals surface area contributed by atoms with Gasteiger partial charge in [-0.15, -0.1) is 22.0 Å². The van der Waals surface area contributed by atoms with Crippen LogP contribution < -0.4 is 4.74 Å². The van der Waals surface area contributed by atoms with Crippen LogP contribution in [-0.4, -0.2) is 17.3 Å². The Balaban J connectivity index is 1.68. The van der Waals surface area contributed by atoms with Crippen LogP contribution in [0.1, 0.15) is 5.89 Å².